The lowest BCUT2D eigenvalue weighted by Gasteiger charge is -2.11. The highest BCUT2D eigenvalue weighted by atomic mass is 16.6. The lowest BCUT2D eigenvalue weighted by molar-refractivity contribution is -0.142. The number of benzene rings is 3. The standard InChI is InChI=1S/C23H22N2O6/c1-3-30-21-10-15(8-9-20(21)31-14-22(27)29-2)13-24-25-23(28)18-11-16-6-4-5-7-17(16)12-19(18)26/h4-13,26H,3,14H2,1-2H3,(H,25,28). The van der Waals surface area contributed by atoms with Crippen molar-refractivity contribution in [3.05, 3.63) is 65.7 Å². The topological polar surface area (TPSA) is 106 Å². The van der Waals surface area contributed by atoms with Crippen molar-refractivity contribution < 1.29 is 28.9 Å². The average molecular weight is 422 g/mol. The quantitative estimate of drug-likeness (QED) is 0.328. The van der Waals surface area contributed by atoms with Gasteiger partial charge in [-0.1, -0.05) is 24.3 Å². The van der Waals surface area contributed by atoms with E-state index in [1.165, 1.54) is 19.4 Å². The molecule has 0 heterocycles. The van der Waals surface area contributed by atoms with Crippen LogP contribution >= 0.6 is 0 Å². The highest BCUT2D eigenvalue weighted by Gasteiger charge is 2.12. The number of hydrogen-bond acceptors (Lipinski definition) is 7. The monoisotopic (exact) mass is 422 g/mol. The molecule has 1 amide bonds. The van der Waals surface area contributed by atoms with Gasteiger partial charge in [0.15, 0.2) is 18.1 Å². The minimum absolute atomic E-state index is 0.123. The Morgan fingerprint density at radius 1 is 1.03 bits per heavy atom. The summed E-state index contributed by atoms with van der Waals surface area (Å²) in [4.78, 5) is 23.7. The van der Waals surface area contributed by atoms with E-state index in [-0.39, 0.29) is 17.9 Å². The molecule has 160 valence electrons. The van der Waals surface area contributed by atoms with Crippen LogP contribution in [0.4, 0.5) is 0 Å². The molecule has 8 nitrogen and oxygen atoms in total. The first-order valence-corrected chi connectivity index (χ1v) is 9.53. The first-order chi connectivity index (χ1) is 15.0. The number of esters is 1. The van der Waals surface area contributed by atoms with Crippen molar-refractivity contribution in [2.24, 2.45) is 5.10 Å². The first kappa shape index (κ1) is 21.6. The van der Waals surface area contributed by atoms with Gasteiger partial charge < -0.3 is 19.3 Å². The molecule has 0 saturated carbocycles. The Kier molecular flexibility index (Phi) is 7.05. The summed E-state index contributed by atoms with van der Waals surface area (Å²) < 4.78 is 15.5. The van der Waals surface area contributed by atoms with Crippen molar-refractivity contribution in [2.45, 2.75) is 6.92 Å². The lowest BCUT2D eigenvalue weighted by atomic mass is 10.1. The number of phenolic OH excluding ortho intramolecular Hbond substituents is 1. The largest absolute Gasteiger partial charge is 0.507 e. The fourth-order valence-electron chi connectivity index (χ4n) is 2.82. The Morgan fingerprint density at radius 2 is 1.77 bits per heavy atom. The smallest absolute Gasteiger partial charge is 0.343 e. The molecule has 0 atom stereocenters. The van der Waals surface area contributed by atoms with Gasteiger partial charge in [-0.15, -0.1) is 0 Å². The number of phenols is 1. The molecule has 0 aliphatic heterocycles. The SMILES string of the molecule is CCOc1cc(C=NNC(=O)c2cc3ccccc3cc2O)ccc1OCC(=O)OC. The number of methoxy groups -OCH3 is 1. The molecular formula is C23H22N2O6. The summed E-state index contributed by atoms with van der Waals surface area (Å²) in [6, 6.07) is 15.6. The minimum atomic E-state index is -0.539. The van der Waals surface area contributed by atoms with Crippen LogP contribution in [0.15, 0.2) is 59.7 Å². The fourth-order valence-corrected chi connectivity index (χ4v) is 2.82. The number of hydrogen-bond donors (Lipinski definition) is 2. The van der Waals surface area contributed by atoms with E-state index in [4.69, 9.17) is 9.47 Å². The van der Waals surface area contributed by atoms with Gasteiger partial charge in [0.05, 0.1) is 25.5 Å². The Labute approximate surface area is 179 Å². The van der Waals surface area contributed by atoms with Crippen LogP contribution in [-0.2, 0) is 9.53 Å². The Balaban J connectivity index is 1.71. The number of ether oxygens (including phenoxy) is 3. The van der Waals surface area contributed by atoms with Gasteiger partial charge in [0.25, 0.3) is 5.91 Å². The summed E-state index contributed by atoms with van der Waals surface area (Å²) in [6.07, 6.45) is 1.43. The van der Waals surface area contributed by atoms with Crippen LogP contribution in [0.1, 0.15) is 22.8 Å². The molecule has 3 rings (SSSR count). The molecular weight excluding hydrogens is 400 g/mol. The van der Waals surface area contributed by atoms with Crippen LogP contribution in [0.5, 0.6) is 17.2 Å². The zero-order valence-electron chi connectivity index (χ0n) is 17.1. The van der Waals surface area contributed by atoms with E-state index in [1.807, 2.05) is 31.2 Å². The summed E-state index contributed by atoms with van der Waals surface area (Å²) in [5.41, 5.74) is 3.16. The molecule has 0 spiro atoms. The molecule has 0 aliphatic carbocycles. The van der Waals surface area contributed by atoms with Crippen molar-refractivity contribution in [1.82, 2.24) is 5.43 Å². The zero-order valence-corrected chi connectivity index (χ0v) is 17.1. The maximum atomic E-state index is 12.4. The molecule has 0 radical (unpaired) electrons. The third kappa shape index (κ3) is 5.51. The van der Waals surface area contributed by atoms with E-state index in [1.54, 1.807) is 24.3 Å². The molecule has 3 aromatic carbocycles. The molecule has 0 unspecified atom stereocenters. The normalized spacial score (nSPS) is 10.8. The number of aromatic hydroxyl groups is 1. The number of nitrogens with zero attached hydrogens (tertiary/aromatic N) is 1. The first-order valence-electron chi connectivity index (χ1n) is 9.53. The zero-order chi connectivity index (χ0) is 22.2. The van der Waals surface area contributed by atoms with E-state index < -0.39 is 11.9 Å². The van der Waals surface area contributed by atoms with E-state index in [2.05, 4.69) is 15.3 Å². The van der Waals surface area contributed by atoms with E-state index in [0.717, 1.165) is 10.8 Å². The van der Waals surface area contributed by atoms with Gasteiger partial charge in [0.2, 0.25) is 0 Å². The lowest BCUT2D eigenvalue weighted by Crippen LogP contribution is -2.17. The second-order valence-electron chi connectivity index (χ2n) is 6.42. The van der Waals surface area contributed by atoms with Crippen LogP contribution in [-0.4, -0.2) is 43.5 Å². The van der Waals surface area contributed by atoms with Crippen LogP contribution < -0.4 is 14.9 Å². The van der Waals surface area contributed by atoms with Gasteiger partial charge in [-0.25, -0.2) is 10.2 Å². The van der Waals surface area contributed by atoms with Gasteiger partial charge in [-0.2, -0.15) is 5.10 Å². The molecule has 0 aliphatic rings. The maximum absolute atomic E-state index is 12.4. The number of carbonyl (C=O) groups is 2. The summed E-state index contributed by atoms with van der Waals surface area (Å²) >= 11 is 0. The fraction of sp³-hybridized carbons (Fsp3) is 0.174. The molecule has 31 heavy (non-hydrogen) atoms. The van der Waals surface area contributed by atoms with Gasteiger partial charge in [0.1, 0.15) is 5.75 Å². The Hall–Kier alpha value is -4.07. The summed E-state index contributed by atoms with van der Waals surface area (Å²) in [5, 5.41) is 15.8. The van der Waals surface area contributed by atoms with Gasteiger partial charge in [-0.05, 0) is 53.6 Å². The third-order valence-corrected chi connectivity index (χ3v) is 4.33. The second kappa shape index (κ2) is 10.1. The van der Waals surface area contributed by atoms with E-state index >= 15 is 0 Å². The molecule has 0 aromatic heterocycles. The Bertz CT molecular complexity index is 1130. The summed E-state index contributed by atoms with van der Waals surface area (Å²) in [6.45, 7) is 1.98. The number of nitrogens with one attached hydrogen (secondary N) is 1. The van der Waals surface area contributed by atoms with Crippen LogP contribution in [0, 0.1) is 0 Å². The van der Waals surface area contributed by atoms with Crippen molar-refractivity contribution in [1.29, 1.82) is 0 Å². The predicted octanol–water partition coefficient (Wildman–Crippen LogP) is 3.26. The van der Waals surface area contributed by atoms with E-state index in [0.29, 0.717) is 23.7 Å². The van der Waals surface area contributed by atoms with Gasteiger partial charge in [-0.3, -0.25) is 4.79 Å². The third-order valence-electron chi connectivity index (χ3n) is 4.33. The molecule has 8 heteroatoms. The Morgan fingerprint density at radius 3 is 2.48 bits per heavy atom. The van der Waals surface area contributed by atoms with Crippen LogP contribution in [0.2, 0.25) is 0 Å². The molecule has 0 fully saturated rings. The van der Waals surface area contributed by atoms with Gasteiger partial charge >= 0.3 is 5.97 Å². The van der Waals surface area contributed by atoms with Crippen LogP contribution in [0.3, 0.4) is 0 Å². The van der Waals surface area contributed by atoms with Crippen molar-refractivity contribution in [3.8, 4) is 17.2 Å². The van der Waals surface area contributed by atoms with Crippen molar-refractivity contribution >= 4 is 28.9 Å². The number of hydrazone groups is 1. The summed E-state index contributed by atoms with van der Waals surface area (Å²) in [5.74, 6) is -0.365. The number of rotatable bonds is 8. The molecule has 0 bridgehead atoms. The predicted molar refractivity (Wildman–Crippen MR) is 116 cm³/mol. The second-order valence-corrected chi connectivity index (χ2v) is 6.42. The molecule has 0 saturated heterocycles. The highest BCUT2D eigenvalue weighted by molar-refractivity contribution is 6.01. The minimum Gasteiger partial charge on any atom is -0.507 e. The number of amides is 1. The number of fused-ring (bicyclic) bond motifs is 1. The average Bonchev–Trinajstić information content (AvgIpc) is 2.78. The van der Waals surface area contributed by atoms with Crippen molar-refractivity contribution in [3.63, 3.8) is 0 Å². The van der Waals surface area contributed by atoms with E-state index in [9.17, 15) is 14.7 Å². The molecule has 2 N–H and O–H groups in total. The number of carbonyl (C=O) groups excluding carboxylic acids is 2. The molecule has 3 aromatic rings. The van der Waals surface area contributed by atoms with Gasteiger partial charge in [0, 0.05) is 0 Å². The highest BCUT2D eigenvalue weighted by Crippen LogP contribution is 2.28. The maximum Gasteiger partial charge on any atom is 0.343 e. The summed E-state index contributed by atoms with van der Waals surface area (Å²) in [7, 11) is 1.28. The van der Waals surface area contributed by atoms with Crippen LogP contribution in [0.25, 0.3) is 10.8 Å². The van der Waals surface area contributed by atoms with Crippen molar-refractivity contribution in [2.75, 3.05) is 20.3 Å².